The molecule has 1 aromatic carbocycles. The van der Waals surface area contributed by atoms with Crippen molar-refractivity contribution >= 4 is 35.6 Å². The normalized spacial score (nSPS) is 14.1. The van der Waals surface area contributed by atoms with Crippen LogP contribution in [0, 0.1) is 5.92 Å². The molecule has 13 heteroatoms. The fourth-order valence-corrected chi connectivity index (χ4v) is 3.20. The highest BCUT2D eigenvalue weighted by atomic mass is 16.4. The number of nitrogens with one attached hydrogen (secondary N) is 3. The molecule has 0 aliphatic heterocycles. The van der Waals surface area contributed by atoms with Gasteiger partial charge in [0.25, 0.3) is 0 Å². The first-order valence-corrected chi connectivity index (χ1v) is 11.2. The SMILES string of the molecule is CC(C)C(NC(=O)C(CCC(=O)O)NC(=O)C(Cc1ccccc1)NC(=O)C(N)CC(=O)O)C(=O)O. The van der Waals surface area contributed by atoms with E-state index < -0.39 is 78.6 Å². The number of hydrogen-bond acceptors (Lipinski definition) is 7. The second kappa shape index (κ2) is 14.4. The van der Waals surface area contributed by atoms with Crippen molar-refractivity contribution in [2.45, 2.75) is 63.7 Å². The van der Waals surface area contributed by atoms with Gasteiger partial charge in [0.05, 0.1) is 12.5 Å². The van der Waals surface area contributed by atoms with E-state index >= 15 is 0 Å². The Bertz CT molecular complexity index is 952. The molecule has 198 valence electrons. The van der Waals surface area contributed by atoms with Gasteiger partial charge in [-0.25, -0.2) is 4.79 Å². The number of carboxylic acid groups (broad SMARTS) is 3. The zero-order valence-corrected chi connectivity index (χ0v) is 20.0. The Kier molecular flexibility index (Phi) is 12.0. The number of carbonyl (C=O) groups is 6. The van der Waals surface area contributed by atoms with Crippen LogP contribution in [0.2, 0.25) is 0 Å². The molecule has 0 spiro atoms. The number of nitrogens with two attached hydrogens (primary N) is 1. The molecule has 1 rings (SSSR count). The van der Waals surface area contributed by atoms with Gasteiger partial charge in [0.1, 0.15) is 18.1 Å². The lowest BCUT2D eigenvalue weighted by Gasteiger charge is -2.26. The number of aliphatic carboxylic acids is 3. The lowest BCUT2D eigenvalue weighted by Crippen LogP contribution is -2.58. The van der Waals surface area contributed by atoms with Crippen molar-refractivity contribution < 1.29 is 44.1 Å². The Hall–Kier alpha value is -4.00. The summed E-state index contributed by atoms with van der Waals surface area (Å²) in [5.74, 6) is -7.04. The van der Waals surface area contributed by atoms with Crippen LogP contribution in [-0.4, -0.2) is 75.1 Å². The van der Waals surface area contributed by atoms with Gasteiger partial charge in [-0.2, -0.15) is 0 Å². The summed E-state index contributed by atoms with van der Waals surface area (Å²) in [7, 11) is 0. The largest absolute Gasteiger partial charge is 0.481 e. The van der Waals surface area contributed by atoms with Gasteiger partial charge >= 0.3 is 17.9 Å². The van der Waals surface area contributed by atoms with Crippen molar-refractivity contribution in [1.82, 2.24) is 16.0 Å². The topological polar surface area (TPSA) is 225 Å². The number of hydrogen-bond donors (Lipinski definition) is 7. The molecule has 3 amide bonds. The lowest BCUT2D eigenvalue weighted by atomic mass is 10.0. The van der Waals surface area contributed by atoms with E-state index in [9.17, 15) is 33.9 Å². The maximum Gasteiger partial charge on any atom is 0.326 e. The lowest BCUT2D eigenvalue weighted by molar-refractivity contribution is -0.144. The van der Waals surface area contributed by atoms with Crippen LogP contribution >= 0.6 is 0 Å². The monoisotopic (exact) mass is 508 g/mol. The quantitative estimate of drug-likeness (QED) is 0.154. The minimum absolute atomic E-state index is 0.0464. The van der Waals surface area contributed by atoms with Crippen LogP contribution in [0.15, 0.2) is 30.3 Å². The van der Waals surface area contributed by atoms with E-state index in [1.807, 2.05) is 0 Å². The summed E-state index contributed by atoms with van der Waals surface area (Å²) in [6, 6.07) is 3.05. The number of benzene rings is 1. The Labute approximate surface area is 207 Å². The van der Waals surface area contributed by atoms with Crippen LogP contribution in [-0.2, 0) is 35.2 Å². The van der Waals surface area contributed by atoms with E-state index in [1.165, 1.54) is 0 Å². The van der Waals surface area contributed by atoms with Crippen LogP contribution in [0.25, 0.3) is 0 Å². The minimum atomic E-state index is -1.44. The molecule has 1 aromatic rings. The molecule has 0 saturated carbocycles. The van der Waals surface area contributed by atoms with E-state index in [4.69, 9.17) is 15.9 Å². The molecule has 0 saturated heterocycles. The number of rotatable bonds is 15. The standard InChI is InChI=1S/C23H32N4O9/c1-12(2)19(23(35)36)27-21(33)15(8-9-17(28)29)25-22(34)16(10-13-6-4-3-5-7-13)26-20(32)14(24)11-18(30)31/h3-7,12,14-16,19H,8-11,24H2,1-2H3,(H,25,34)(H,26,32)(H,27,33)(H,28,29)(H,30,31)(H,35,36). The highest BCUT2D eigenvalue weighted by molar-refractivity contribution is 5.95. The molecule has 0 aromatic heterocycles. The molecule has 4 atom stereocenters. The second-order valence-corrected chi connectivity index (χ2v) is 8.52. The van der Waals surface area contributed by atoms with Gasteiger partial charge in [-0.15, -0.1) is 0 Å². The third-order valence-electron chi connectivity index (χ3n) is 5.16. The molecule has 0 aliphatic carbocycles. The van der Waals surface area contributed by atoms with E-state index in [1.54, 1.807) is 44.2 Å². The Balaban J connectivity index is 3.14. The van der Waals surface area contributed by atoms with Crippen molar-refractivity contribution in [1.29, 1.82) is 0 Å². The van der Waals surface area contributed by atoms with Crippen LogP contribution in [0.3, 0.4) is 0 Å². The molecule has 13 nitrogen and oxygen atoms in total. The van der Waals surface area contributed by atoms with Gasteiger partial charge in [0.15, 0.2) is 0 Å². The Morgan fingerprint density at radius 3 is 1.86 bits per heavy atom. The Morgan fingerprint density at radius 2 is 1.36 bits per heavy atom. The summed E-state index contributed by atoms with van der Waals surface area (Å²) in [5, 5.41) is 34.3. The van der Waals surface area contributed by atoms with Crippen molar-refractivity contribution in [2.24, 2.45) is 11.7 Å². The van der Waals surface area contributed by atoms with Gasteiger partial charge in [-0.05, 0) is 17.9 Å². The Morgan fingerprint density at radius 1 is 0.806 bits per heavy atom. The molecule has 0 radical (unpaired) electrons. The van der Waals surface area contributed by atoms with Crippen molar-refractivity contribution in [2.75, 3.05) is 0 Å². The molecule has 0 heterocycles. The summed E-state index contributed by atoms with van der Waals surface area (Å²) in [5.41, 5.74) is 6.22. The van der Waals surface area contributed by atoms with Crippen LogP contribution in [0.4, 0.5) is 0 Å². The third kappa shape index (κ3) is 10.5. The molecule has 8 N–H and O–H groups in total. The van der Waals surface area contributed by atoms with Crippen molar-refractivity contribution in [3.63, 3.8) is 0 Å². The first-order chi connectivity index (χ1) is 16.8. The maximum atomic E-state index is 13.1. The van der Waals surface area contributed by atoms with Gasteiger partial charge in [-0.3, -0.25) is 24.0 Å². The third-order valence-corrected chi connectivity index (χ3v) is 5.16. The van der Waals surface area contributed by atoms with Crippen molar-refractivity contribution in [3.05, 3.63) is 35.9 Å². The zero-order chi connectivity index (χ0) is 27.4. The molecule has 0 bridgehead atoms. The van der Waals surface area contributed by atoms with Crippen molar-refractivity contribution in [3.8, 4) is 0 Å². The number of carbonyl (C=O) groups excluding carboxylic acids is 3. The first-order valence-electron chi connectivity index (χ1n) is 11.2. The summed E-state index contributed by atoms with van der Waals surface area (Å²) in [6.45, 7) is 3.13. The number of carboxylic acids is 3. The van der Waals surface area contributed by atoms with E-state index in [0.29, 0.717) is 5.56 Å². The smallest absolute Gasteiger partial charge is 0.326 e. The fraction of sp³-hybridized carbons (Fsp3) is 0.478. The molecule has 0 fully saturated rings. The minimum Gasteiger partial charge on any atom is -0.481 e. The van der Waals surface area contributed by atoms with Gasteiger partial charge in [0, 0.05) is 12.8 Å². The van der Waals surface area contributed by atoms with E-state index in [2.05, 4.69) is 16.0 Å². The fourth-order valence-electron chi connectivity index (χ4n) is 3.20. The van der Waals surface area contributed by atoms with Gasteiger partial charge in [-0.1, -0.05) is 44.2 Å². The van der Waals surface area contributed by atoms with E-state index in [-0.39, 0.29) is 12.8 Å². The van der Waals surface area contributed by atoms with Gasteiger partial charge in [0.2, 0.25) is 17.7 Å². The zero-order valence-electron chi connectivity index (χ0n) is 20.0. The average molecular weight is 509 g/mol. The molecule has 0 aliphatic rings. The summed E-state index contributed by atoms with van der Waals surface area (Å²) in [6.07, 6.45) is -1.57. The second-order valence-electron chi connectivity index (χ2n) is 8.52. The molecular weight excluding hydrogens is 476 g/mol. The van der Waals surface area contributed by atoms with Gasteiger partial charge < -0.3 is 37.0 Å². The molecule has 36 heavy (non-hydrogen) atoms. The molecular formula is C23H32N4O9. The van der Waals surface area contributed by atoms with Crippen LogP contribution < -0.4 is 21.7 Å². The maximum absolute atomic E-state index is 13.1. The average Bonchev–Trinajstić information content (AvgIpc) is 2.78. The summed E-state index contributed by atoms with van der Waals surface area (Å²) in [4.78, 5) is 71.7. The highest BCUT2D eigenvalue weighted by Gasteiger charge is 2.32. The van der Waals surface area contributed by atoms with Crippen LogP contribution in [0.1, 0.15) is 38.7 Å². The van der Waals surface area contributed by atoms with E-state index in [0.717, 1.165) is 0 Å². The predicted octanol–water partition coefficient (Wildman–Crippen LogP) is -0.909. The highest BCUT2D eigenvalue weighted by Crippen LogP contribution is 2.08. The summed E-state index contributed by atoms with van der Waals surface area (Å²) < 4.78 is 0. The number of amides is 3. The summed E-state index contributed by atoms with van der Waals surface area (Å²) >= 11 is 0. The molecule has 4 unspecified atom stereocenters. The first kappa shape index (κ1) is 30.0. The van der Waals surface area contributed by atoms with Crippen LogP contribution in [0.5, 0.6) is 0 Å². The predicted molar refractivity (Wildman–Crippen MR) is 126 cm³/mol.